The first-order valence-corrected chi connectivity index (χ1v) is 8.00. The molecule has 1 aliphatic heterocycles. The summed E-state index contributed by atoms with van der Waals surface area (Å²) in [6.45, 7) is 8.19. The first-order chi connectivity index (χ1) is 10.3. The molecule has 0 N–H and O–H groups in total. The number of carbonyl (C=O) groups is 2. The molecule has 1 saturated carbocycles. The van der Waals surface area contributed by atoms with Gasteiger partial charge in [-0.15, -0.1) is 0 Å². The topological polar surface area (TPSA) is 71.1 Å². The summed E-state index contributed by atoms with van der Waals surface area (Å²) in [5.41, 5.74) is -1.24. The Balaban J connectivity index is 2.16. The molecule has 0 amide bonds. The lowest BCUT2D eigenvalue weighted by molar-refractivity contribution is -0.208. The van der Waals surface area contributed by atoms with Gasteiger partial charge in [-0.2, -0.15) is 0 Å². The molecule has 1 heterocycles. The smallest absolute Gasteiger partial charge is 0.323 e. The molecule has 126 valence electrons. The zero-order valence-corrected chi connectivity index (χ0v) is 13.8. The van der Waals surface area contributed by atoms with Crippen LogP contribution in [0.3, 0.4) is 0 Å². The van der Waals surface area contributed by atoms with Crippen molar-refractivity contribution in [3.63, 3.8) is 0 Å². The van der Waals surface area contributed by atoms with Crippen LogP contribution in [0.15, 0.2) is 0 Å². The molecule has 2 fully saturated rings. The van der Waals surface area contributed by atoms with Gasteiger partial charge in [-0.25, -0.2) is 0 Å². The third kappa shape index (κ3) is 3.43. The number of carbonyl (C=O) groups excluding carboxylic acids is 2. The van der Waals surface area contributed by atoms with E-state index in [2.05, 4.69) is 0 Å². The van der Waals surface area contributed by atoms with E-state index in [0.717, 1.165) is 0 Å². The molecule has 0 radical (unpaired) electrons. The zero-order chi connectivity index (χ0) is 16.4. The maximum Gasteiger partial charge on any atom is 0.323 e. The van der Waals surface area contributed by atoms with Gasteiger partial charge in [0.25, 0.3) is 0 Å². The number of hydrogen-bond acceptors (Lipinski definition) is 6. The molecule has 0 aromatic heterocycles. The zero-order valence-electron chi connectivity index (χ0n) is 13.8. The fraction of sp³-hybridized carbons (Fsp3) is 0.875. The molecule has 1 saturated heterocycles. The Morgan fingerprint density at radius 1 is 0.818 bits per heavy atom. The van der Waals surface area contributed by atoms with E-state index >= 15 is 0 Å². The standard InChI is InChI=1S/C16H26O6/c1-11(2)21-13(17)15(14(18)22-12(3)4)5-7-16(8-6-15)19-9-10-20-16/h11-12H,5-10H2,1-4H3. The lowest BCUT2D eigenvalue weighted by Crippen LogP contribution is -2.50. The summed E-state index contributed by atoms with van der Waals surface area (Å²) in [7, 11) is 0. The Morgan fingerprint density at radius 3 is 1.59 bits per heavy atom. The predicted molar refractivity (Wildman–Crippen MR) is 78.0 cm³/mol. The van der Waals surface area contributed by atoms with Crippen molar-refractivity contribution in [3.05, 3.63) is 0 Å². The highest BCUT2D eigenvalue weighted by Gasteiger charge is 2.56. The highest BCUT2D eigenvalue weighted by atomic mass is 16.7. The average Bonchev–Trinajstić information content (AvgIpc) is 2.86. The summed E-state index contributed by atoms with van der Waals surface area (Å²) in [6, 6.07) is 0. The molecular weight excluding hydrogens is 288 g/mol. The van der Waals surface area contributed by atoms with Gasteiger partial charge in [0.05, 0.1) is 25.4 Å². The van der Waals surface area contributed by atoms with Crippen molar-refractivity contribution in [1.82, 2.24) is 0 Å². The lowest BCUT2D eigenvalue weighted by atomic mass is 9.71. The summed E-state index contributed by atoms with van der Waals surface area (Å²) < 4.78 is 22.0. The molecule has 1 spiro atoms. The van der Waals surface area contributed by atoms with E-state index in [0.29, 0.717) is 38.9 Å². The number of esters is 2. The van der Waals surface area contributed by atoms with Crippen molar-refractivity contribution in [3.8, 4) is 0 Å². The summed E-state index contributed by atoms with van der Waals surface area (Å²) >= 11 is 0. The van der Waals surface area contributed by atoms with E-state index in [1.165, 1.54) is 0 Å². The number of ether oxygens (including phenoxy) is 4. The van der Waals surface area contributed by atoms with Gasteiger partial charge in [-0.1, -0.05) is 0 Å². The summed E-state index contributed by atoms with van der Waals surface area (Å²) in [5.74, 6) is -1.64. The Kier molecular flexibility index (Phi) is 5.12. The van der Waals surface area contributed by atoms with Crippen LogP contribution in [0.4, 0.5) is 0 Å². The second kappa shape index (κ2) is 6.54. The fourth-order valence-electron chi connectivity index (χ4n) is 2.99. The van der Waals surface area contributed by atoms with Gasteiger partial charge in [-0.3, -0.25) is 9.59 Å². The van der Waals surface area contributed by atoms with E-state index in [-0.39, 0.29) is 12.2 Å². The molecule has 2 rings (SSSR count). The molecule has 6 heteroatoms. The molecule has 2 aliphatic rings. The Bertz CT molecular complexity index is 388. The summed E-state index contributed by atoms with van der Waals surface area (Å²) in [6.07, 6.45) is 1.09. The molecule has 1 aliphatic carbocycles. The summed E-state index contributed by atoms with van der Waals surface area (Å²) in [4.78, 5) is 25.1. The first-order valence-electron chi connectivity index (χ1n) is 8.00. The van der Waals surface area contributed by atoms with Crippen LogP contribution < -0.4 is 0 Å². The van der Waals surface area contributed by atoms with Crippen molar-refractivity contribution in [1.29, 1.82) is 0 Å². The lowest BCUT2D eigenvalue weighted by Gasteiger charge is -2.40. The molecular formula is C16H26O6. The molecule has 0 aromatic rings. The maximum absolute atomic E-state index is 12.6. The molecule has 6 nitrogen and oxygen atoms in total. The van der Waals surface area contributed by atoms with Gasteiger partial charge < -0.3 is 18.9 Å². The second-order valence-electron chi connectivity index (χ2n) is 6.60. The van der Waals surface area contributed by atoms with Crippen molar-refractivity contribution in [2.45, 2.75) is 71.4 Å². The highest BCUT2D eigenvalue weighted by Crippen LogP contribution is 2.46. The van der Waals surface area contributed by atoms with Crippen LogP contribution in [-0.2, 0) is 28.5 Å². The summed E-state index contributed by atoms with van der Waals surface area (Å²) in [5, 5.41) is 0. The second-order valence-corrected chi connectivity index (χ2v) is 6.60. The van der Waals surface area contributed by atoms with Gasteiger partial charge in [0.1, 0.15) is 0 Å². The van der Waals surface area contributed by atoms with E-state index < -0.39 is 23.1 Å². The number of rotatable bonds is 4. The normalized spacial score (nSPS) is 23.0. The largest absolute Gasteiger partial charge is 0.462 e. The van der Waals surface area contributed by atoms with Crippen LogP contribution in [0.5, 0.6) is 0 Å². The van der Waals surface area contributed by atoms with Gasteiger partial charge in [0.15, 0.2) is 11.2 Å². The molecule has 0 bridgehead atoms. The van der Waals surface area contributed by atoms with Crippen LogP contribution in [0.1, 0.15) is 53.4 Å². The van der Waals surface area contributed by atoms with Crippen molar-refractivity contribution >= 4 is 11.9 Å². The minimum atomic E-state index is -1.24. The SMILES string of the molecule is CC(C)OC(=O)C1(C(=O)OC(C)C)CCC2(CC1)OCCO2. The van der Waals surface area contributed by atoms with Crippen LogP contribution in [0.25, 0.3) is 0 Å². The van der Waals surface area contributed by atoms with Crippen LogP contribution in [0, 0.1) is 5.41 Å². The number of hydrogen-bond donors (Lipinski definition) is 0. The molecule has 22 heavy (non-hydrogen) atoms. The Labute approximate surface area is 131 Å². The van der Waals surface area contributed by atoms with E-state index in [4.69, 9.17) is 18.9 Å². The first kappa shape index (κ1) is 17.2. The van der Waals surface area contributed by atoms with E-state index in [9.17, 15) is 9.59 Å². The predicted octanol–water partition coefficient (Wildman–Crippen LogP) is 2.19. The monoisotopic (exact) mass is 314 g/mol. The fourth-order valence-corrected chi connectivity index (χ4v) is 2.99. The molecule has 0 unspecified atom stereocenters. The van der Waals surface area contributed by atoms with Crippen LogP contribution >= 0.6 is 0 Å². The van der Waals surface area contributed by atoms with Crippen molar-refractivity contribution in [2.75, 3.05) is 13.2 Å². The van der Waals surface area contributed by atoms with Gasteiger partial charge in [0, 0.05) is 12.8 Å². The van der Waals surface area contributed by atoms with Crippen molar-refractivity contribution in [2.24, 2.45) is 5.41 Å². The van der Waals surface area contributed by atoms with Gasteiger partial charge in [-0.05, 0) is 40.5 Å². The molecule has 0 atom stereocenters. The van der Waals surface area contributed by atoms with Crippen molar-refractivity contribution < 1.29 is 28.5 Å². The average molecular weight is 314 g/mol. The minimum Gasteiger partial charge on any atom is -0.462 e. The van der Waals surface area contributed by atoms with Crippen LogP contribution in [-0.4, -0.2) is 43.1 Å². The Morgan fingerprint density at radius 2 is 1.23 bits per heavy atom. The maximum atomic E-state index is 12.6. The Hall–Kier alpha value is -1.14. The third-order valence-electron chi connectivity index (χ3n) is 4.15. The highest BCUT2D eigenvalue weighted by molar-refractivity contribution is 6.00. The molecule has 0 aromatic carbocycles. The quantitative estimate of drug-likeness (QED) is 0.585. The van der Waals surface area contributed by atoms with Gasteiger partial charge in [0.2, 0.25) is 0 Å². The van der Waals surface area contributed by atoms with E-state index in [1.54, 1.807) is 27.7 Å². The van der Waals surface area contributed by atoms with Crippen LogP contribution in [0.2, 0.25) is 0 Å². The minimum absolute atomic E-state index is 0.272. The van der Waals surface area contributed by atoms with E-state index in [1.807, 2.05) is 0 Å². The third-order valence-corrected chi connectivity index (χ3v) is 4.15. The van der Waals surface area contributed by atoms with Gasteiger partial charge >= 0.3 is 11.9 Å².